The lowest BCUT2D eigenvalue weighted by Crippen LogP contribution is -2.33. The molecule has 1 heterocycles. The summed E-state index contributed by atoms with van der Waals surface area (Å²) >= 11 is 0. The van der Waals surface area contributed by atoms with Crippen LogP contribution in [-0.2, 0) is 6.61 Å². The molecule has 5 rings (SSSR count). The Bertz CT molecular complexity index is 1140. The zero-order chi connectivity index (χ0) is 21.6. The van der Waals surface area contributed by atoms with Crippen LogP contribution in [0.3, 0.4) is 0 Å². The molecule has 0 amide bonds. The third kappa shape index (κ3) is 4.69. The third-order valence-corrected chi connectivity index (χ3v) is 6.28. The van der Waals surface area contributed by atoms with Crippen molar-refractivity contribution in [1.29, 1.82) is 0 Å². The van der Waals surface area contributed by atoms with E-state index in [0.717, 1.165) is 38.3 Å². The summed E-state index contributed by atoms with van der Waals surface area (Å²) in [6, 6.07) is 34.6. The first-order valence-corrected chi connectivity index (χ1v) is 11.6. The summed E-state index contributed by atoms with van der Waals surface area (Å²) in [6.07, 6.45) is 1.16. The van der Waals surface area contributed by atoms with Gasteiger partial charge in [-0.05, 0) is 52.6 Å². The van der Waals surface area contributed by atoms with Crippen molar-refractivity contribution in [3.05, 3.63) is 114 Å². The normalized spacial score (nSPS) is 15.9. The summed E-state index contributed by atoms with van der Waals surface area (Å²) < 4.78 is 6.19. The van der Waals surface area contributed by atoms with Gasteiger partial charge in [-0.15, -0.1) is 0 Å². The van der Waals surface area contributed by atoms with E-state index < -0.39 is 0 Å². The summed E-state index contributed by atoms with van der Waals surface area (Å²) in [5, 5.41) is 6.17. The Morgan fingerprint density at radius 1 is 0.781 bits per heavy atom. The highest BCUT2D eigenvalue weighted by Gasteiger charge is 2.25. The van der Waals surface area contributed by atoms with E-state index in [4.69, 9.17) is 4.74 Å². The maximum absolute atomic E-state index is 6.19. The smallest absolute Gasteiger partial charge is 0.120 e. The molecule has 0 bridgehead atoms. The summed E-state index contributed by atoms with van der Waals surface area (Å²) in [6.45, 7) is 4.79. The molecule has 1 N–H and O–H groups in total. The molecule has 1 saturated heterocycles. The highest BCUT2D eigenvalue weighted by atomic mass is 16.5. The van der Waals surface area contributed by atoms with Crippen LogP contribution in [0, 0.1) is 0 Å². The first-order chi connectivity index (χ1) is 15.9. The maximum Gasteiger partial charge on any atom is 0.120 e. The first kappa shape index (κ1) is 20.7. The second-order valence-corrected chi connectivity index (χ2v) is 8.46. The second kappa shape index (κ2) is 9.99. The van der Waals surface area contributed by atoms with Crippen molar-refractivity contribution >= 4 is 10.8 Å². The molecule has 1 fully saturated rings. The predicted molar refractivity (Wildman–Crippen MR) is 132 cm³/mol. The van der Waals surface area contributed by atoms with E-state index in [1.807, 2.05) is 6.07 Å². The van der Waals surface area contributed by atoms with Gasteiger partial charge in [0, 0.05) is 19.6 Å². The van der Waals surface area contributed by atoms with E-state index in [1.54, 1.807) is 0 Å². The van der Waals surface area contributed by atoms with Gasteiger partial charge in [-0.1, -0.05) is 84.9 Å². The van der Waals surface area contributed by atoms with Gasteiger partial charge in [0.05, 0.1) is 6.04 Å². The van der Waals surface area contributed by atoms with Gasteiger partial charge in [-0.25, -0.2) is 0 Å². The largest absolute Gasteiger partial charge is 0.489 e. The van der Waals surface area contributed by atoms with Gasteiger partial charge in [0.2, 0.25) is 0 Å². The van der Waals surface area contributed by atoms with E-state index in [1.165, 1.54) is 27.5 Å². The number of hydrogen-bond acceptors (Lipinski definition) is 3. The molecule has 1 unspecified atom stereocenters. The van der Waals surface area contributed by atoms with Crippen molar-refractivity contribution in [2.45, 2.75) is 19.1 Å². The molecule has 1 aliphatic rings. The molecular weight excluding hydrogens is 392 g/mol. The van der Waals surface area contributed by atoms with E-state index in [9.17, 15) is 0 Å². The lowest BCUT2D eigenvalue weighted by molar-refractivity contribution is 0.241. The molecule has 0 radical (unpaired) electrons. The Balaban J connectivity index is 1.52. The van der Waals surface area contributed by atoms with Crippen LogP contribution in [0.2, 0.25) is 0 Å². The van der Waals surface area contributed by atoms with E-state index in [0.29, 0.717) is 6.61 Å². The number of nitrogens with zero attached hydrogens (tertiary/aromatic N) is 1. The van der Waals surface area contributed by atoms with Crippen molar-refractivity contribution in [2.24, 2.45) is 0 Å². The van der Waals surface area contributed by atoms with Crippen LogP contribution in [0.4, 0.5) is 0 Å². The fourth-order valence-electron chi connectivity index (χ4n) is 4.72. The van der Waals surface area contributed by atoms with Gasteiger partial charge < -0.3 is 10.1 Å². The van der Waals surface area contributed by atoms with Gasteiger partial charge in [0.1, 0.15) is 12.4 Å². The first-order valence-electron chi connectivity index (χ1n) is 11.6. The van der Waals surface area contributed by atoms with E-state index in [2.05, 4.69) is 101 Å². The van der Waals surface area contributed by atoms with Crippen LogP contribution in [0.25, 0.3) is 10.8 Å². The molecular formula is C29H30N2O. The number of nitrogens with one attached hydrogen (secondary N) is 1. The Labute approximate surface area is 190 Å². The average molecular weight is 423 g/mol. The molecule has 0 aliphatic carbocycles. The molecule has 3 heteroatoms. The molecule has 4 aromatic rings. The molecule has 0 aromatic heterocycles. The van der Waals surface area contributed by atoms with Crippen molar-refractivity contribution in [2.75, 3.05) is 26.2 Å². The predicted octanol–water partition coefficient (Wildman–Crippen LogP) is 5.80. The zero-order valence-corrected chi connectivity index (χ0v) is 18.4. The molecule has 0 spiro atoms. The summed E-state index contributed by atoms with van der Waals surface area (Å²) in [5.41, 5.74) is 3.83. The maximum atomic E-state index is 6.19. The number of benzene rings is 4. The quantitative estimate of drug-likeness (QED) is 0.425. The fourth-order valence-corrected chi connectivity index (χ4v) is 4.72. The average Bonchev–Trinajstić information content (AvgIpc) is 3.14. The topological polar surface area (TPSA) is 24.5 Å². The monoisotopic (exact) mass is 422 g/mol. The van der Waals surface area contributed by atoms with Crippen molar-refractivity contribution in [1.82, 2.24) is 10.2 Å². The summed E-state index contributed by atoms with van der Waals surface area (Å²) in [7, 11) is 0. The van der Waals surface area contributed by atoms with Gasteiger partial charge in [0.15, 0.2) is 0 Å². The number of ether oxygens (including phenoxy) is 1. The van der Waals surface area contributed by atoms with Crippen LogP contribution in [0.1, 0.15) is 29.2 Å². The van der Waals surface area contributed by atoms with Gasteiger partial charge in [0.25, 0.3) is 0 Å². The molecule has 1 aliphatic heterocycles. The van der Waals surface area contributed by atoms with E-state index >= 15 is 0 Å². The van der Waals surface area contributed by atoms with E-state index in [-0.39, 0.29) is 6.04 Å². The molecule has 4 aromatic carbocycles. The minimum atomic E-state index is 0.196. The van der Waals surface area contributed by atoms with Crippen LogP contribution < -0.4 is 10.1 Å². The second-order valence-electron chi connectivity index (χ2n) is 8.46. The number of rotatable bonds is 6. The molecule has 32 heavy (non-hydrogen) atoms. The summed E-state index contributed by atoms with van der Waals surface area (Å²) in [4.78, 5) is 2.62. The Morgan fingerprint density at radius 2 is 1.59 bits per heavy atom. The fraction of sp³-hybridized carbons (Fsp3) is 0.241. The molecule has 1 atom stereocenters. The Morgan fingerprint density at radius 3 is 2.53 bits per heavy atom. The summed E-state index contributed by atoms with van der Waals surface area (Å²) in [5.74, 6) is 0.921. The molecule has 3 nitrogen and oxygen atoms in total. The third-order valence-electron chi connectivity index (χ3n) is 6.28. The van der Waals surface area contributed by atoms with Crippen LogP contribution >= 0.6 is 0 Å². The molecule has 162 valence electrons. The minimum absolute atomic E-state index is 0.196. The van der Waals surface area contributed by atoms with Gasteiger partial charge in [-0.2, -0.15) is 0 Å². The lowest BCUT2D eigenvalue weighted by atomic mass is 9.92. The van der Waals surface area contributed by atoms with Crippen molar-refractivity contribution < 1.29 is 4.74 Å². The molecule has 0 saturated carbocycles. The number of fused-ring (bicyclic) bond motifs is 1. The Kier molecular flexibility index (Phi) is 6.48. The SMILES string of the molecule is c1ccc(COc2cccc(C(c3cccc4ccccc34)N3CCCNCC3)c2)cc1. The standard InChI is InChI=1S/C29H30N2O/c1-2-9-23(10-3-1)22-32-26-14-6-13-25(21-26)29(31-19-8-17-30-18-20-31)28-16-7-12-24-11-4-5-15-27(24)28/h1-7,9-16,21,29-30H,8,17-20,22H2. The van der Waals surface area contributed by atoms with Gasteiger partial charge in [-0.3, -0.25) is 4.90 Å². The van der Waals surface area contributed by atoms with Crippen LogP contribution in [0.15, 0.2) is 97.1 Å². The highest BCUT2D eigenvalue weighted by Crippen LogP contribution is 2.35. The highest BCUT2D eigenvalue weighted by molar-refractivity contribution is 5.86. The minimum Gasteiger partial charge on any atom is -0.489 e. The lowest BCUT2D eigenvalue weighted by Gasteiger charge is -2.32. The van der Waals surface area contributed by atoms with Crippen molar-refractivity contribution in [3.63, 3.8) is 0 Å². The van der Waals surface area contributed by atoms with Crippen molar-refractivity contribution in [3.8, 4) is 5.75 Å². The Hall–Kier alpha value is -3.14. The number of hydrogen-bond donors (Lipinski definition) is 1. The van der Waals surface area contributed by atoms with Crippen LogP contribution in [-0.4, -0.2) is 31.1 Å². The van der Waals surface area contributed by atoms with Gasteiger partial charge >= 0.3 is 0 Å². The van der Waals surface area contributed by atoms with Crippen LogP contribution in [0.5, 0.6) is 5.75 Å². The zero-order valence-electron chi connectivity index (χ0n) is 18.4.